The van der Waals surface area contributed by atoms with Crippen molar-refractivity contribution in [1.82, 2.24) is 5.32 Å². The molecule has 0 aliphatic heterocycles. The maximum Gasteiger partial charge on any atom is 0.248 e. The van der Waals surface area contributed by atoms with Gasteiger partial charge in [-0.25, -0.2) is 0 Å². The summed E-state index contributed by atoms with van der Waals surface area (Å²) in [6, 6.07) is 15.2. The molecule has 0 spiro atoms. The molecule has 4 rings (SSSR count). The Hall–Kier alpha value is -2.44. The summed E-state index contributed by atoms with van der Waals surface area (Å²) in [5.74, 6) is -0.155. The third-order valence-corrected chi connectivity index (χ3v) is 7.56. The van der Waals surface area contributed by atoms with Crippen LogP contribution in [0.1, 0.15) is 53.5 Å². The van der Waals surface area contributed by atoms with Crippen LogP contribution in [0.2, 0.25) is 0 Å². The van der Waals surface area contributed by atoms with Crippen molar-refractivity contribution < 1.29 is 9.59 Å². The van der Waals surface area contributed by atoms with Gasteiger partial charge in [-0.2, -0.15) is 0 Å². The highest BCUT2D eigenvalue weighted by molar-refractivity contribution is 7.10. The van der Waals surface area contributed by atoms with Crippen LogP contribution in [0.5, 0.6) is 0 Å². The first-order valence-corrected chi connectivity index (χ1v) is 12.6. The summed E-state index contributed by atoms with van der Waals surface area (Å²) in [6.07, 6.45) is 5.83. The molecular formula is C25H28N2O2S2. The number of benzene rings is 1. The molecule has 3 aromatic rings. The van der Waals surface area contributed by atoms with Gasteiger partial charge in [0.15, 0.2) is 0 Å². The van der Waals surface area contributed by atoms with Crippen LogP contribution in [0.15, 0.2) is 59.3 Å². The normalized spacial score (nSPS) is 15.4. The third kappa shape index (κ3) is 5.43. The van der Waals surface area contributed by atoms with Gasteiger partial charge in [-0.15, -0.1) is 22.7 Å². The van der Waals surface area contributed by atoms with Crippen LogP contribution in [0.3, 0.4) is 0 Å². The molecule has 2 amide bonds. The zero-order chi connectivity index (χ0) is 21.6. The zero-order valence-electron chi connectivity index (χ0n) is 17.8. The molecule has 0 saturated heterocycles. The Kier molecular flexibility index (Phi) is 7.20. The van der Waals surface area contributed by atoms with E-state index in [0.29, 0.717) is 0 Å². The fourth-order valence-electron chi connectivity index (χ4n) is 4.14. The van der Waals surface area contributed by atoms with Gasteiger partial charge in [0, 0.05) is 21.5 Å². The maximum atomic E-state index is 13.6. The molecule has 1 aromatic carbocycles. The van der Waals surface area contributed by atoms with Crippen molar-refractivity contribution in [1.29, 1.82) is 0 Å². The molecule has 0 unspecified atom stereocenters. The van der Waals surface area contributed by atoms with Crippen molar-refractivity contribution in [3.05, 3.63) is 74.6 Å². The van der Waals surface area contributed by atoms with Gasteiger partial charge < -0.3 is 5.32 Å². The first-order valence-electron chi connectivity index (χ1n) is 10.9. The van der Waals surface area contributed by atoms with E-state index in [1.165, 1.54) is 17.8 Å². The van der Waals surface area contributed by atoms with Crippen LogP contribution < -0.4 is 10.2 Å². The van der Waals surface area contributed by atoms with Crippen LogP contribution in [-0.4, -0.2) is 17.9 Å². The van der Waals surface area contributed by atoms with E-state index in [9.17, 15) is 9.59 Å². The predicted octanol–water partition coefficient (Wildman–Crippen LogP) is 5.88. The Morgan fingerprint density at radius 3 is 2.35 bits per heavy atom. The molecular weight excluding hydrogens is 424 g/mol. The van der Waals surface area contributed by atoms with E-state index >= 15 is 0 Å². The van der Waals surface area contributed by atoms with Crippen molar-refractivity contribution in [2.45, 2.75) is 57.5 Å². The van der Waals surface area contributed by atoms with E-state index in [2.05, 4.69) is 5.32 Å². The molecule has 6 heteroatoms. The number of nitrogens with one attached hydrogen (secondary N) is 1. The van der Waals surface area contributed by atoms with Crippen molar-refractivity contribution >= 4 is 40.2 Å². The Balaban J connectivity index is 1.69. The second-order valence-corrected chi connectivity index (χ2v) is 10.1. The average Bonchev–Trinajstić information content (AvgIpc) is 3.48. The van der Waals surface area contributed by atoms with Gasteiger partial charge in [0.2, 0.25) is 11.8 Å². The van der Waals surface area contributed by atoms with E-state index in [0.717, 1.165) is 46.7 Å². The summed E-state index contributed by atoms with van der Waals surface area (Å²) < 4.78 is 0. The molecule has 0 radical (unpaired) electrons. The number of amides is 2. The van der Waals surface area contributed by atoms with Crippen LogP contribution in [0, 0.1) is 6.92 Å². The predicted molar refractivity (Wildman–Crippen MR) is 129 cm³/mol. The Bertz CT molecular complexity index is 975. The van der Waals surface area contributed by atoms with Gasteiger partial charge in [-0.1, -0.05) is 49.1 Å². The van der Waals surface area contributed by atoms with Crippen molar-refractivity contribution in [2.24, 2.45) is 0 Å². The van der Waals surface area contributed by atoms with Crippen molar-refractivity contribution in [3.8, 4) is 0 Å². The molecule has 1 aliphatic carbocycles. The molecule has 1 N–H and O–H groups in total. The minimum absolute atomic E-state index is 0.0662. The van der Waals surface area contributed by atoms with Crippen molar-refractivity contribution in [3.63, 3.8) is 0 Å². The van der Waals surface area contributed by atoms with Gasteiger partial charge in [0.05, 0.1) is 6.42 Å². The standard InChI is InChI=1S/C25H28N2O2S2/c1-18-11-13-20(14-12-18)27(23(28)17-21-9-5-15-30-21)24(22-10-6-16-31-22)25(29)26-19-7-3-2-4-8-19/h5-6,9-16,19,24H,2-4,7-8,17H2,1H3,(H,26,29)/t24-/m1/s1. The summed E-state index contributed by atoms with van der Waals surface area (Å²) in [7, 11) is 0. The number of hydrogen-bond donors (Lipinski definition) is 1. The topological polar surface area (TPSA) is 49.4 Å². The molecule has 2 aromatic heterocycles. The first kappa shape index (κ1) is 21.8. The lowest BCUT2D eigenvalue weighted by Gasteiger charge is -2.33. The Labute approximate surface area is 191 Å². The fourth-order valence-corrected chi connectivity index (χ4v) is 5.65. The van der Waals surface area contributed by atoms with Crippen LogP contribution in [-0.2, 0) is 16.0 Å². The van der Waals surface area contributed by atoms with Gasteiger partial charge in [0.25, 0.3) is 0 Å². The Morgan fingerprint density at radius 2 is 1.71 bits per heavy atom. The molecule has 162 valence electrons. The van der Waals surface area contributed by atoms with E-state index in [4.69, 9.17) is 0 Å². The second-order valence-electron chi connectivity index (χ2n) is 8.12. The molecule has 31 heavy (non-hydrogen) atoms. The zero-order valence-corrected chi connectivity index (χ0v) is 19.4. The minimum Gasteiger partial charge on any atom is -0.351 e. The van der Waals surface area contributed by atoms with Gasteiger partial charge in [-0.05, 0) is 54.8 Å². The summed E-state index contributed by atoms with van der Waals surface area (Å²) >= 11 is 3.09. The van der Waals surface area contributed by atoms with Crippen molar-refractivity contribution in [2.75, 3.05) is 4.90 Å². The van der Waals surface area contributed by atoms with Crippen LogP contribution >= 0.6 is 22.7 Å². The number of rotatable bonds is 7. The smallest absolute Gasteiger partial charge is 0.248 e. The van der Waals surface area contributed by atoms with E-state index in [-0.39, 0.29) is 24.3 Å². The summed E-state index contributed by atoms with van der Waals surface area (Å²) in [5.41, 5.74) is 1.87. The lowest BCUT2D eigenvalue weighted by Crippen LogP contribution is -2.47. The van der Waals surface area contributed by atoms with Crippen LogP contribution in [0.4, 0.5) is 5.69 Å². The molecule has 1 atom stereocenters. The fraction of sp³-hybridized carbons (Fsp3) is 0.360. The number of carbonyl (C=O) groups excluding carboxylic acids is 2. The highest BCUT2D eigenvalue weighted by atomic mass is 32.1. The summed E-state index contributed by atoms with van der Waals surface area (Å²) in [4.78, 5) is 30.8. The molecule has 4 nitrogen and oxygen atoms in total. The van der Waals surface area contributed by atoms with Gasteiger partial charge in [0.1, 0.15) is 6.04 Å². The van der Waals surface area contributed by atoms with Gasteiger partial charge >= 0.3 is 0 Å². The van der Waals surface area contributed by atoms with E-state index in [1.807, 2.05) is 66.2 Å². The average molecular weight is 453 g/mol. The monoisotopic (exact) mass is 452 g/mol. The quantitative estimate of drug-likeness (QED) is 0.486. The molecule has 1 saturated carbocycles. The number of aryl methyl sites for hydroxylation is 1. The lowest BCUT2D eigenvalue weighted by atomic mass is 9.95. The summed E-state index contributed by atoms with van der Waals surface area (Å²) in [5, 5.41) is 7.20. The third-order valence-electron chi connectivity index (χ3n) is 5.76. The van der Waals surface area contributed by atoms with Crippen LogP contribution in [0.25, 0.3) is 0 Å². The second kappa shape index (κ2) is 10.2. The van der Waals surface area contributed by atoms with E-state index < -0.39 is 6.04 Å². The SMILES string of the molecule is Cc1ccc(N(C(=O)Cc2cccs2)[C@@H](C(=O)NC2CCCCC2)c2cccs2)cc1. The number of hydrogen-bond acceptors (Lipinski definition) is 4. The maximum absolute atomic E-state index is 13.6. The van der Waals surface area contributed by atoms with E-state index in [1.54, 1.807) is 16.2 Å². The summed E-state index contributed by atoms with van der Waals surface area (Å²) in [6.45, 7) is 2.02. The molecule has 0 bridgehead atoms. The molecule has 2 heterocycles. The largest absolute Gasteiger partial charge is 0.351 e. The molecule has 1 fully saturated rings. The number of anilines is 1. The number of thiophene rings is 2. The lowest BCUT2D eigenvalue weighted by molar-refractivity contribution is -0.127. The number of carbonyl (C=O) groups is 2. The molecule has 1 aliphatic rings. The first-order chi connectivity index (χ1) is 15.1. The Morgan fingerprint density at radius 1 is 1.00 bits per heavy atom. The number of nitrogens with zero attached hydrogens (tertiary/aromatic N) is 1. The highest BCUT2D eigenvalue weighted by Gasteiger charge is 2.34. The highest BCUT2D eigenvalue weighted by Crippen LogP contribution is 2.32. The van der Waals surface area contributed by atoms with Gasteiger partial charge in [-0.3, -0.25) is 14.5 Å². The minimum atomic E-state index is -0.669.